The summed E-state index contributed by atoms with van der Waals surface area (Å²) in [4.78, 5) is 0. The van der Waals surface area contributed by atoms with Crippen LogP contribution < -0.4 is 17.3 Å². The first-order chi connectivity index (χ1) is 5.26. The summed E-state index contributed by atoms with van der Waals surface area (Å²) in [5.74, 6) is 5.49. The highest BCUT2D eigenvalue weighted by Crippen LogP contribution is 1.94. The van der Waals surface area contributed by atoms with Crippen molar-refractivity contribution in [1.29, 1.82) is 0 Å². The lowest BCUT2D eigenvalue weighted by Crippen LogP contribution is -2.38. The highest BCUT2D eigenvalue weighted by Gasteiger charge is 1.97. The number of hydrogen-bond donors (Lipinski definition) is 3. The van der Waals surface area contributed by atoms with E-state index in [9.17, 15) is 0 Å². The van der Waals surface area contributed by atoms with Crippen molar-refractivity contribution >= 4 is 0 Å². The van der Waals surface area contributed by atoms with E-state index in [-0.39, 0.29) is 6.67 Å². The number of hydrogen-bond acceptors (Lipinski definition) is 4. The van der Waals surface area contributed by atoms with Gasteiger partial charge in [0.15, 0.2) is 0 Å². The molecule has 0 aliphatic carbocycles. The molecule has 0 aliphatic heterocycles. The first-order valence-electron chi connectivity index (χ1n) is 3.50. The zero-order valence-electron chi connectivity index (χ0n) is 6.83. The van der Waals surface area contributed by atoms with Gasteiger partial charge in [0.2, 0.25) is 0 Å². The van der Waals surface area contributed by atoms with E-state index in [4.69, 9.17) is 17.3 Å². The van der Waals surface area contributed by atoms with Gasteiger partial charge in [-0.05, 0) is 13.0 Å². The van der Waals surface area contributed by atoms with Gasteiger partial charge in [0.1, 0.15) is 0 Å². The van der Waals surface area contributed by atoms with Crippen LogP contribution >= 0.6 is 0 Å². The van der Waals surface area contributed by atoms with Crippen LogP contribution in [-0.4, -0.2) is 18.2 Å². The molecule has 0 aliphatic rings. The van der Waals surface area contributed by atoms with E-state index < -0.39 is 0 Å². The van der Waals surface area contributed by atoms with Crippen LogP contribution in [-0.2, 0) is 0 Å². The monoisotopic (exact) mass is 156 g/mol. The lowest BCUT2D eigenvalue weighted by molar-refractivity contribution is 0.365. The average molecular weight is 156 g/mol. The van der Waals surface area contributed by atoms with Crippen LogP contribution in [0.2, 0.25) is 0 Å². The number of rotatable bonds is 4. The predicted octanol–water partition coefficient (Wildman–Crippen LogP) is -0.503. The van der Waals surface area contributed by atoms with E-state index in [0.29, 0.717) is 6.54 Å². The Kier molecular flexibility index (Phi) is 5.46. The van der Waals surface area contributed by atoms with Gasteiger partial charge in [-0.25, -0.2) is 5.84 Å². The Balaban J connectivity index is 4.13. The molecule has 0 spiro atoms. The third-order valence-electron chi connectivity index (χ3n) is 1.26. The number of nitrogens with two attached hydrogens (primary N) is 3. The van der Waals surface area contributed by atoms with Crippen molar-refractivity contribution in [1.82, 2.24) is 5.01 Å². The maximum atomic E-state index is 5.49. The van der Waals surface area contributed by atoms with Crippen molar-refractivity contribution in [3.05, 3.63) is 23.9 Å². The molecule has 0 heterocycles. The number of allylic oxidation sites excluding steroid dienone is 3. The largest absolute Gasteiger partial charge is 0.325 e. The SMILES string of the molecule is CC=CC=C(CN)N(N)CN. The minimum Gasteiger partial charge on any atom is -0.325 e. The van der Waals surface area contributed by atoms with Gasteiger partial charge < -0.3 is 11.5 Å². The van der Waals surface area contributed by atoms with E-state index in [1.165, 1.54) is 5.01 Å². The van der Waals surface area contributed by atoms with Gasteiger partial charge in [-0.15, -0.1) is 0 Å². The van der Waals surface area contributed by atoms with Gasteiger partial charge in [0.25, 0.3) is 0 Å². The van der Waals surface area contributed by atoms with Crippen LogP contribution in [0.5, 0.6) is 0 Å². The Hall–Kier alpha value is -0.840. The molecule has 0 radical (unpaired) electrons. The number of hydrazine groups is 1. The molecule has 4 heteroatoms. The van der Waals surface area contributed by atoms with Crippen LogP contribution in [0.15, 0.2) is 23.9 Å². The molecule has 0 atom stereocenters. The summed E-state index contributed by atoms with van der Waals surface area (Å²) in [7, 11) is 0. The average Bonchev–Trinajstić information content (AvgIpc) is 2.05. The summed E-state index contributed by atoms with van der Waals surface area (Å²) >= 11 is 0. The second-order valence-corrected chi connectivity index (χ2v) is 2.04. The topological polar surface area (TPSA) is 81.3 Å². The normalized spacial score (nSPS) is 12.5. The van der Waals surface area contributed by atoms with Gasteiger partial charge in [-0.2, -0.15) is 0 Å². The van der Waals surface area contributed by atoms with E-state index in [1.54, 1.807) is 0 Å². The summed E-state index contributed by atoms with van der Waals surface area (Å²) in [5, 5.41) is 1.42. The quantitative estimate of drug-likeness (QED) is 0.222. The summed E-state index contributed by atoms with van der Waals surface area (Å²) in [6, 6.07) is 0. The standard InChI is InChI=1S/C7H16N4/c1-2-3-4-7(5-8)11(10)6-9/h2-4H,5-6,8-10H2,1H3. The first-order valence-corrected chi connectivity index (χ1v) is 3.50. The Morgan fingerprint density at radius 2 is 2.09 bits per heavy atom. The zero-order valence-corrected chi connectivity index (χ0v) is 6.83. The molecular formula is C7H16N4. The van der Waals surface area contributed by atoms with Crippen LogP contribution in [0, 0.1) is 0 Å². The van der Waals surface area contributed by atoms with E-state index in [2.05, 4.69) is 0 Å². The molecule has 6 N–H and O–H groups in total. The van der Waals surface area contributed by atoms with Gasteiger partial charge in [0.05, 0.1) is 6.67 Å². The molecule has 0 saturated heterocycles. The van der Waals surface area contributed by atoms with E-state index in [1.807, 2.05) is 25.2 Å². The highest BCUT2D eigenvalue weighted by molar-refractivity contribution is 5.11. The molecule has 0 rings (SSSR count). The van der Waals surface area contributed by atoms with Crippen molar-refractivity contribution in [2.75, 3.05) is 13.2 Å². The van der Waals surface area contributed by atoms with Crippen LogP contribution in [0.4, 0.5) is 0 Å². The van der Waals surface area contributed by atoms with Crippen molar-refractivity contribution in [2.24, 2.45) is 17.3 Å². The molecular weight excluding hydrogens is 140 g/mol. The molecule has 0 bridgehead atoms. The summed E-state index contributed by atoms with van der Waals surface area (Å²) in [5.41, 5.74) is 11.5. The summed E-state index contributed by atoms with van der Waals surface area (Å²) < 4.78 is 0. The summed E-state index contributed by atoms with van der Waals surface area (Å²) in [6.07, 6.45) is 5.62. The third kappa shape index (κ3) is 3.77. The lowest BCUT2D eigenvalue weighted by atomic mass is 10.3. The maximum absolute atomic E-state index is 5.49. The van der Waals surface area contributed by atoms with Crippen molar-refractivity contribution in [2.45, 2.75) is 6.92 Å². The minimum atomic E-state index is 0.278. The molecule has 64 valence electrons. The van der Waals surface area contributed by atoms with Crippen molar-refractivity contribution in [3.8, 4) is 0 Å². The Morgan fingerprint density at radius 1 is 1.45 bits per heavy atom. The predicted molar refractivity (Wildman–Crippen MR) is 47.0 cm³/mol. The highest BCUT2D eigenvalue weighted by atomic mass is 15.4. The molecule has 0 aromatic rings. The van der Waals surface area contributed by atoms with Gasteiger partial charge >= 0.3 is 0 Å². The summed E-state index contributed by atoms with van der Waals surface area (Å²) in [6.45, 7) is 2.60. The fourth-order valence-electron chi connectivity index (χ4n) is 0.606. The van der Waals surface area contributed by atoms with Crippen LogP contribution in [0.3, 0.4) is 0 Å². The Labute approximate surface area is 67.3 Å². The van der Waals surface area contributed by atoms with Gasteiger partial charge in [-0.3, -0.25) is 5.01 Å². The van der Waals surface area contributed by atoms with E-state index in [0.717, 1.165) is 5.70 Å². The fourth-order valence-corrected chi connectivity index (χ4v) is 0.606. The zero-order chi connectivity index (χ0) is 8.69. The Morgan fingerprint density at radius 3 is 2.45 bits per heavy atom. The van der Waals surface area contributed by atoms with Crippen molar-refractivity contribution < 1.29 is 0 Å². The van der Waals surface area contributed by atoms with Gasteiger partial charge in [0, 0.05) is 12.2 Å². The van der Waals surface area contributed by atoms with E-state index >= 15 is 0 Å². The van der Waals surface area contributed by atoms with Gasteiger partial charge in [-0.1, -0.05) is 12.2 Å². The molecule has 0 amide bonds. The molecule has 0 unspecified atom stereocenters. The molecule has 4 nitrogen and oxygen atoms in total. The molecule has 0 saturated carbocycles. The van der Waals surface area contributed by atoms with Crippen LogP contribution in [0.1, 0.15) is 6.92 Å². The molecule has 0 aromatic heterocycles. The molecule has 0 fully saturated rings. The lowest BCUT2D eigenvalue weighted by Gasteiger charge is -2.17. The van der Waals surface area contributed by atoms with Crippen LogP contribution in [0.25, 0.3) is 0 Å². The Bertz CT molecular complexity index is 151. The second kappa shape index (κ2) is 5.91. The van der Waals surface area contributed by atoms with Crippen molar-refractivity contribution in [3.63, 3.8) is 0 Å². The molecule has 11 heavy (non-hydrogen) atoms. The smallest absolute Gasteiger partial charge is 0.0808 e. The fraction of sp³-hybridized carbons (Fsp3) is 0.429. The maximum Gasteiger partial charge on any atom is 0.0808 e. The second-order valence-electron chi connectivity index (χ2n) is 2.04. The minimum absolute atomic E-state index is 0.278. The molecule has 0 aromatic carbocycles. The number of nitrogens with zero attached hydrogens (tertiary/aromatic N) is 1. The third-order valence-corrected chi connectivity index (χ3v) is 1.26. The first kappa shape index (κ1) is 10.2.